The zero-order chi connectivity index (χ0) is 7.49. The molecule has 0 aromatic carbocycles. The predicted octanol–water partition coefficient (Wildman–Crippen LogP) is 2.55. The van der Waals surface area contributed by atoms with Crippen LogP contribution in [0.2, 0.25) is 0 Å². The molecule has 54 valence electrons. The van der Waals surface area contributed by atoms with Crippen molar-refractivity contribution in [2.24, 2.45) is 0 Å². The number of ether oxygens (including phenoxy) is 1. The number of hydrogen-bond donors (Lipinski definition) is 1. The molecule has 0 unspecified atom stereocenters. The number of hydrogen-bond acceptors (Lipinski definition) is 2. The molecule has 0 saturated carbocycles. The second-order valence-electron chi connectivity index (χ2n) is 2.66. The van der Waals surface area contributed by atoms with Crippen molar-refractivity contribution in [3.63, 3.8) is 0 Å². The number of rotatable bonds is 1. The van der Waals surface area contributed by atoms with E-state index in [0.717, 1.165) is 0 Å². The summed E-state index contributed by atoms with van der Waals surface area (Å²) in [4.78, 5) is 1.33. The smallest absolute Gasteiger partial charge is 0.284 e. The molecule has 0 aliphatic rings. The molecule has 0 aromatic heterocycles. The van der Waals surface area contributed by atoms with Crippen molar-refractivity contribution in [3.05, 3.63) is 10.9 Å². The standard InChI is InChI=1S/C6H11BrO2/c1-6(2,3)9-5(8)4-7/h4,8H,1-3H3/b5-4-. The molecule has 0 heterocycles. The Bertz CT molecular complexity index is 113. The Balaban J connectivity index is 3.75. The van der Waals surface area contributed by atoms with Gasteiger partial charge < -0.3 is 9.84 Å². The van der Waals surface area contributed by atoms with E-state index in [9.17, 15) is 0 Å². The normalized spacial score (nSPS) is 13.6. The van der Waals surface area contributed by atoms with Gasteiger partial charge in [-0.1, -0.05) is 15.9 Å². The van der Waals surface area contributed by atoms with Gasteiger partial charge in [-0.15, -0.1) is 0 Å². The third-order valence-electron chi connectivity index (χ3n) is 0.504. The monoisotopic (exact) mass is 194 g/mol. The van der Waals surface area contributed by atoms with E-state index in [2.05, 4.69) is 15.9 Å². The minimum absolute atomic E-state index is 0.0949. The largest absolute Gasteiger partial charge is 0.481 e. The van der Waals surface area contributed by atoms with Crippen molar-refractivity contribution in [1.82, 2.24) is 0 Å². The maximum atomic E-state index is 8.79. The van der Waals surface area contributed by atoms with Gasteiger partial charge in [-0.3, -0.25) is 0 Å². The fourth-order valence-corrected chi connectivity index (χ4v) is 0.429. The SMILES string of the molecule is CC(C)(C)O/C(O)=C\Br. The summed E-state index contributed by atoms with van der Waals surface area (Å²) >= 11 is 2.93. The zero-order valence-electron chi connectivity index (χ0n) is 5.81. The highest BCUT2D eigenvalue weighted by atomic mass is 79.9. The van der Waals surface area contributed by atoms with Crippen LogP contribution in [0.15, 0.2) is 10.9 Å². The maximum Gasteiger partial charge on any atom is 0.284 e. The van der Waals surface area contributed by atoms with E-state index in [1.807, 2.05) is 20.8 Å². The molecule has 0 aliphatic carbocycles. The van der Waals surface area contributed by atoms with E-state index in [1.54, 1.807) is 0 Å². The summed E-state index contributed by atoms with van der Waals surface area (Å²) in [6.07, 6.45) is 0. The highest BCUT2D eigenvalue weighted by Gasteiger charge is 2.11. The Morgan fingerprint density at radius 2 is 2.00 bits per heavy atom. The van der Waals surface area contributed by atoms with Gasteiger partial charge in [0.1, 0.15) is 5.60 Å². The average molecular weight is 195 g/mol. The summed E-state index contributed by atoms with van der Waals surface area (Å²) < 4.78 is 4.96. The average Bonchev–Trinajstić information content (AvgIpc) is 1.62. The van der Waals surface area contributed by atoms with E-state index in [1.165, 1.54) is 4.99 Å². The van der Waals surface area contributed by atoms with Gasteiger partial charge in [0, 0.05) is 0 Å². The van der Waals surface area contributed by atoms with Gasteiger partial charge in [0.2, 0.25) is 0 Å². The summed E-state index contributed by atoms with van der Waals surface area (Å²) in [6.45, 7) is 5.58. The van der Waals surface area contributed by atoms with Crippen LogP contribution in [0.3, 0.4) is 0 Å². The lowest BCUT2D eigenvalue weighted by Crippen LogP contribution is -2.18. The Morgan fingerprint density at radius 3 is 2.11 bits per heavy atom. The van der Waals surface area contributed by atoms with Gasteiger partial charge in [0.05, 0.1) is 4.99 Å². The van der Waals surface area contributed by atoms with Crippen LogP contribution in [0, 0.1) is 0 Å². The molecule has 0 bridgehead atoms. The molecule has 0 amide bonds. The molecular weight excluding hydrogens is 184 g/mol. The van der Waals surface area contributed by atoms with Crippen molar-refractivity contribution in [2.45, 2.75) is 26.4 Å². The first kappa shape index (κ1) is 8.82. The van der Waals surface area contributed by atoms with Gasteiger partial charge in [-0.25, -0.2) is 0 Å². The highest BCUT2D eigenvalue weighted by molar-refractivity contribution is 9.11. The molecule has 0 radical (unpaired) electrons. The summed E-state index contributed by atoms with van der Waals surface area (Å²) in [7, 11) is 0. The molecule has 9 heavy (non-hydrogen) atoms. The Hall–Kier alpha value is -0.180. The summed E-state index contributed by atoms with van der Waals surface area (Å²) in [6, 6.07) is 0. The summed E-state index contributed by atoms with van der Waals surface area (Å²) in [5.41, 5.74) is -0.325. The van der Waals surface area contributed by atoms with Crippen LogP contribution in [0.5, 0.6) is 0 Å². The zero-order valence-corrected chi connectivity index (χ0v) is 7.40. The van der Waals surface area contributed by atoms with Crippen LogP contribution in [0.1, 0.15) is 20.8 Å². The second-order valence-corrected chi connectivity index (χ2v) is 3.12. The third kappa shape index (κ3) is 5.69. The minimum Gasteiger partial charge on any atom is -0.481 e. The van der Waals surface area contributed by atoms with Crippen molar-refractivity contribution >= 4 is 15.9 Å². The van der Waals surface area contributed by atoms with E-state index in [4.69, 9.17) is 9.84 Å². The summed E-state index contributed by atoms with van der Waals surface area (Å²) in [5, 5.41) is 8.79. The molecule has 0 spiro atoms. The van der Waals surface area contributed by atoms with Crippen LogP contribution < -0.4 is 0 Å². The quantitative estimate of drug-likeness (QED) is 0.651. The Kier molecular flexibility index (Phi) is 3.04. The topological polar surface area (TPSA) is 29.5 Å². The molecule has 3 heteroatoms. The number of aliphatic hydroxyl groups is 1. The van der Waals surface area contributed by atoms with Crippen LogP contribution in [0.25, 0.3) is 0 Å². The molecule has 0 aromatic rings. The van der Waals surface area contributed by atoms with Crippen molar-refractivity contribution < 1.29 is 9.84 Å². The number of aliphatic hydroxyl groups excluding tert-OH is 1. The van der Waals surface area contributed by atoms with Crippen LogP contribution in [-0.2, 0) is 4.74 Å². The lowest BCUT2D eigenvalue weighted by atomic mass is 10.2. The maximum absolute atomic E-state index is 8.79. The summed E-state index contributed by atoms with van der Waals surface area (Å²) in [5.74, 6) is -0.0949. The first-order valence-corrected chi connectivity index (χ1v) is 3.55. The molecule has 0 fully saturated rings. The number of halogens is 1. The predicted molar refractivity (Wildman–Crippen MR) is 40.5 cm³/mol. The molecule has 2 nitrogen and oxygen atoms in total. The fraction of sp³-hybridized carbons (Fsp3) is 0.667. The van der Waals surface area contributed by atoms with Crippen molar-refractivity contribution in [3.8, 4) is 0 Å². The molecule has 0 aliphatic heterocycles. The highest BCUT2D eigenvalue weighted by Crippen LogP contribution is 2.11. The Labute approximate surface area is 63.6 Å². The molecule has 1 N–H and O–H groups in total. The van der Waals surface area contributed by atoms with Crippen LogP contribution in [-0.4, -0.2) is 10.7 Å². The first-order chi connectivity index (χ1) is 3.95. The molecular formula is C6H11BrO2. The lowest BCUT2D eigenvalue weighted by Gasteiger charge is -2.19. The first-order valence-electron chi connectivity index (χ1n) is 2.64. The van der Waals surface area contributed by atoms with E-state index >= 15 is 0 Å². The minimum atomic E-state index is -0.325. The van der Waals surface area contributed by atoms with Gasteiger partial charge in [-0.05, 0) is 20.8 Å². The van der Waals surface area contributed by atoms with Gasteiger partial charge in [0.15, 0.2) is 0 Å². The fourth-order valence-electron chi connectivity index (χ4n) is 0.336. The second kappa shape index (κ2) is 3.11. The molecule has 0 saturated heterocycles. The molecule has 0 atom stereocenters. The van der Waals surface area contributed by atoms with Gasteiger partial charge >= 0.3 is 0 Å². The van der Waals surface area contributed by atoms with E-state index in [-0.39, 0.29) is 11.5 Å². The molecule has 0 rings (SSSR count). The van der Waals surface area contributed by atoms with Crippen LogP contribution in [0.4, 0.5) is 0 Å². The Morgan fingerprint density at radius 1 is 1.56 bits per heavy atom. The van der Waals surface area contributed by atoms with Crippen molar-refractivity contribution in [2.75, 3.05) is 0 Å². The lowest BCUT2D eigenvalue weighted by molar-refractivity contribution is -0.0134. The third-order valence-corrected chi connectivity index (χ3v) is 0.896. The van der Waals surface area contributed by atoms with Gasteiger partial charge in [0.25, 0.3) is 5.95 Å². The van der Waals surface area contributed by atoms with Gasteiger partial charge in [-0.2, -0.15) is 0 Å². The van der Waals surface area contributed by atoms with E-state index < -0.39 is 0 Å². The van der Waals surface area contributed by atoms with Crippen LogP contribution >= 0.6 is 15.9 Å². The van der Waals surface area contributed by atoms with E-state index in [0.29, 0.717) is 0 Å². The van der Waals surface area contributed by atoms with Crippen molar-refractivity contribution in [1.29, 1.82) is 0 Å².